The van der Waals surface area contributed by atoms with Crippen molar-refractivity contribution in [3.8, 4) is 0 Å². The lowest BCUT2D eigenvalue weighted by atomic mass is 10.5. The molecule has 1 saturated carbocycles. The molecule has 2 amide bonds. The molecule has 2 N–H and O–H groups in total. The zero-order chi connectivity index (χ0) is 13.1. The number of urea groups is 1. The van der Waals surface area contributed by atoms with Crippen LogP contribution in [0.25, 0.3) is 0 Å². The molecule has 0 aliphatic heterocycles. The van der Waals surface area contributed by atoms with Gasteiger partial charge in [-0.05, 0) is 12.8 Å². The van der Waals surface area contributed by atoms with Crippen LogP contribution in [0.3, 0.4) is 0 Å². The van der Waals surface area contributed by atoms with Gasteiger partial charge in [0.15, 0.2) is 5.82 Å². The number of nitrogens with zero attached hydrogens (tertiary/aromatic N) is 4. The molecule has 0 atom stereocenters. The average molecular weight is 253 g/mol. The fourth-order valence-electron chi connectivity index (χ4n) is 1.62. The van der Waals surface area contributed by atoms with Gasteiger partial charge >= 0.3 is 12.0 Å². The van der Waals surface area contributed by atoms with Gasteiger partial charge in [-0.15, -0.1) is 0 Å². The Kier molecular flexibility index (Phi) is 3.45. The Labute approximate surface area is 104 Å². The van der Waals surface area contributed by atoms with Gasteiger partial charge in [0, 0.05) is 13.1 Å². The van der Waals surface area contributed by atoms with Gasteiger partial charge in [-0.25, -0.2) is 9.78 Å². The molecule has 1 fully saturated rings. The zero-order valence-corrected chi connectivity index (χ0v) is 10.0. The molecule has 0 saturated heterocycles. The summed E-state index contributed by atoms with van der Waals surface area (Å²) in [5.74, 6) is -0.509. The normalized spacial score (nSPS) is 14.3. The monoisotopic (exact) mass is 253 g/mol. The molecular weight excluding hydrogens is 238 g/mol. The third-order valence-corrected chi connectivity index (χ3v) is 2.60. The second-order valence-corrected chi connectivity index (χ2v) is 4.25. The van der Waals surface area contributed by atoms with E-state index in [0.717, 1.165) is 12.8 Å². The van der Waals surface area contributed by atoms with Crippen LogP contribution in [-0.4, -0.2) is 49.4 Å². The highest BCUT2D eigenvalue weighted by atomic mass is 16.4. The molecular formula is C10H15N5O3. The van der Waals surface area contributed by atoms with Crippen LogP contribution in [-0.2, 0) is 18.4 Å². The summed E-state index contributed by atoms with van der Waals surface area (Å²) in [5.41, 5.74) is 0. The predicted molar refractivity (Wildman–Crippen MR) is 60.6 cm³/mol. The number of rotatable bonds is 5. The lowest BCUT2D eigenvalue weighted by Crippen LogP contribution is -2.43. The summed E-state index contributed by atoms with van der Waals surface area (Å²) in [7, 11) is 1.74. The summed E-state index contributed by atoms with van der Waals surface area (Å²) in [4.78, 5) is 27.8. The van der Waals surface area contributed by atoms with Gasteiger partial charge in [0.05, 0.1) is 6.54 Å². The van der Waals surface area contributed by atoms with Crippen molar-refractivity contribution in [3.63, 3.8) is 0 Å². The van der Waals surface area contributed by atoms with Crippen LogP contribution in [0.1, 0.15) is 18.7 Å². The van der Waals surface area contributed by atoms with E-state index < -0.39 is 5.97 Å². The standard InChI is InChI=1S/C10H15N5O3/c1-14-6-12-8(13-14)4-11-10(18)15(5-9(16)17)7-2-3-7/h6-7H,2-5H2,1H3,(H,11,18)(H,16,17). The third kappa shape index (κ3) is 3.19. The van der Waals surface area contributed by atoms with Gasteiger partial charge in [0.2, 0.25) is 0 Å². The SMILES string of the molecule is Cn1cnc(CNC(=O)N(CC(=O)O)C2CC2)n1. The van der Waals surface area contributed by atoms with E-state index in [-0.39, 0.29) is 25.2 Å². The highest BCUT2D eigenvalue weighted by molar-refractivity contribution is 5.80. The molecule has 8 nitrogen and oxygen atoms in total. The van der Waals surface area contributed by atoms with E-state index >= 15 is 0 Å². The molecule has 1 aromatic heterocycles. The van der Waals surface area contributed by atoms with Gasteiger partial charge < -0.3 is 15.3 Å². The van der Waals surface area contributed by atoms with Gasteiger partial charge in [0.25, 0.3) is 0 Å². The van der Waals surface area contributed by atoms with Gasteiger partial charge in [-0.3, -0.25) is 9.48 Å². The van der Waals surface area contributed by atoms with E-state index in [1.54, 1.807) is 7.05 Å². The number of carboxylic acid groups (broad SMARTS) is 1. The molecule has 0 bridgehead atoms. The van der Waals surface area contributed by atoms with Gasteiger partial charge in [-0.2, -0.15) is 5.10 Å². The van der Waals surface area contributed by atoms with Crippen LogP contribution in [0.2, 0.25) is 0 Å². The van der Waals surface area contributed by atoms with Crippen LogP contribution < -0.4 is 5.32 Å². The first-order chi connectivity index (χ1) is 8.56. The van der Waals surface area contributed by atoms with Crippen molar-refractivity contribution < 1.29 is 14.7 Å². The minimum absolute atomic E-state index is 0.0535. The fraction of sp³-hybridized carbons (Fsp3) is 0.600. The summed E-state index contributed by atoms with van der Waals surface area (Å²) < 4.78 is 1.54. The van der Waals surface area contributed by atoms with E-state index in [1.165, 1.54) is 15.9 Å². The molecule has 18 heavy (non-hydrogen) atoms. The van der Waals surface area contributed by atoms with Crippen molar-refractivity contribution in [2.75, 3.05) is 6.54 Å². The van der Waals surface area contributed by atoms with Gasteiger partial charge in [-0.1, -0.05) is 0 Å². The number of carbonyl (C=O) groups is 2. The van der Waals surface area contributed by atoms with Crippen molar-refractivity contribution in [2.24, 2.45) is 7.05 Å². The Morgan fingerprint density at radius 2 is 2.33 bits per heavy atom. The number of aryl methyl sites for hydroxylation is 1. The maximum Gasteiger partial charge on any atom is 0.323 e. The first kappa shape index (κ1) is 12.3. The van der Waals surface area contributed by atoms with E-state index in [9.17, 15) is 9.59 Å². The molecule has 0 spiro atoms. The molecule has 0 aromatic carbocycles. The Morgan fingerprint density at radius 1 is 1.61 bits per heavy atom. The Bertz CT molecular complexity index is 454. The van der Waals surface area contributed by atoms with Crippen molar-refractivity contribution >= 4 is 12.0 Å². The molecule has 0 unspecified atom stereocenters. The van der Waals surface area contributed by atoms with Crippen molar-refractivity contribution in [3.05, 3.63) is 12.2 Å². The number of amides is 2. The summed E-state index contributed by atoms with van der Waals surface area (Å²) in [6, 6.07) is -0.329. The topological polar surface area (TPSA) is 100 Å². The maximum atomic E-state index is 11.8. The fourth-order valence-corrected chi connectivity index (χ4v) is 1.62. The molecule has 1 aromatic rings. The Hall–Kier alpha value is -2.12. The quantitative estimate of drug-likeness (QED) is 0.742. The molecule has 98 valence electrons. The lowest BCUT2D eigenvalue weighted by Gasteiger charge is -2.20. The number of aromatic nitrogens is 3. The number of carbonyl (C=O) groups excluding carboxylic acids is 1. The first-order valence-electron chi connectivity index (χ1n) is 5.67. The summed E-state index contributed by atoms with van der Waals surface area (Å²) in [6.45, 7) is -0.0747. The van der Waals surface area contributed by atoms with Crippen molar-refractivity contribution in [2.45, 2.75) is 25.4 Å². The third-order valence-electron chi connectivity index (χ3n) is 2.60. The Balaban J connectivity index is 1.87. The highest BCUT2D eigenvalue weighted by Gasteiger charge is 2.33. The molecule has 8 heteroatoms. The molecule has 1 aliphatic carbocycles. The van der Waals surface area contributed by atoms with E-state index in [4.69, 9.17) is 5.11 Å². The van der Waals surface area contributed by atoms with Crippen LogP contribution in [0.5, 0.6) is 0 Å². The summed E-state index contributed by atoms with van der Waals surface area (Å²) >= 11 is 0. The summed E-state index contributed by atoms with van der Waals surface area (Å²) in [6.07, 6.45) is 3.27. The largest absolute Gasteiger partial charge is 0.480 e. The summed E-state index contributed by atoms with van der Waals surface area (Å²) in [5, 5.41) is 15.4. The van der Waals surface area contributed by atoms with E-state index in [0.29, 0.717) is 5.82 Å². The molecule has 1 heterocycles. The minimum atomic E-state index is -1.01. The molecule has 2 rings (SSSR count). The zero-order valence-electron chi connectivity index (χ0n) is 10.0. The van der Waals surface area contributed by atoms with E-state index in [2.05, 4.69) is 15.4 Å². The van der Waals surface area contributed by atoms with Crippen molar-refractivity contribution in [1.29, 1.82) is 0 Å². The van der Waals surface area contributed by atoms with Crippen LogP contribution in [0, 0.1) is 0 Å². The lowest BCUT2D eigenvalue weighted by molar-refractivity contribution is -0.137. The number of aliphatic carboxylic acids is 1. The van der Waals surface area contributed by atoms with Crippen molar-refractivity contribution in [1.82, 2.24) is 25.0 Å². The second kappa shape index (κ2) is 5.03. The minimum Gasteiger partial charge on any atom is -0.480 e. The first-order valence-corrected chi connectivity index (χ1v) is 5.67. The maximum absolute atomic E-state index is 11.8. The highest BCUT2D eigenvalue weighted by Crippen LogP contribution is 2.26. The van der Waals surface area contributed by atoms with Gasteiger partial charge in [0.1, 0.15) is 12.9 Å². The van der Waals surface area contributed by atoms with Crippen LogP contribution in [0.15, 0.2) is 6.33 Å². The number of hydrogen-bond acceptors (Lipinski definition) is 4. The molecule has 0 radical (unpaired) electrons. The Morgan fingerprint density at radius 3 is 2.83 bits per heavy atom. The smallest absolute Gasteiger partial charge is 0.323 e. The number of carboxylic acids is 1. The second-order valence-electron chi connectivity index (χ2n) is 4.25. The van der Waals surface area contributed by atoms with Crippen LogP contribution >= 0.6 is 0 Å². The number of hydrogen-bond donors (Lipinski definition) is 2. The molecule has 1 aliphatic rings. The van der Waals surface area contributed by atoms with Crippen LogP contribution in [0.4, 0.5) is 4.79 Å². The number of nitrogens with one attached hydrogen (secondary N) is 1. The van der Waals surface area contributed by atoms with E-state index in [1.807, 2.05) is 0 Å². The predicted octanol–water partition coefficient (Wildman–Crippen LogP) is -0.426. The average Bonchev–Trinajstić information content (AvgIpc) is 3.06.